The van der Waals surface area contributed by atoms with Crippen LogP contribution in [0.1, 0.15) is 82.2 Å². The molecule has 0 radical (unpaired) electrons. The summed E-state index contributed by atoms with van der Waals surface area (Å²) in [6.07, 6.45) is 2.38. The van der Waals surface area contributed by atoms with Gasteiger partial charge in [-0.3, -0.25) is 0 Å². The Morgan fingerprint density at radius 3 is 2.16 bits per heavy atom. The lowest BCUT2D eigenvalue weighted by Gasteiger charge is -2.44. The van der Waals surface area contributed by atoms with Gasteiger partial charge in [0.2, 0.25) is 0 Å². The minimum absolute atomic E-state index is 0.0627. The molecule has 5 heterocycles. The monoisotopic (exact) mass is 754 g/mol. The highest BCUT2D eigenvalue weighted by Crippen LogP contribution is 2.59. The van der Waals surface area contributed by atoms with Gasteiger partial charge in [0.05, 0.1) is 11.1 Å². The van der Waals surface area contributed by atoms with Crippen LogP contribution in [0.4, 0.5) is 17.1 Å². The van der Waals surface area contributed by atoms with Crippen LogP contribution in [-0.2, 0) is 16.2 Å². The Hall–Kier alpha value is -5.52. The van der Waals surface area contributed by atoms with E-state index in [2.05, 4.69) is 167 Å². The predicted octanol–water partition coefficient (Wildman–Crippen LogP) is 13.1. The summed E-state index contributed by atoms with van der Waals surface area (Å²) in [5.41, 5.74) is 21.1. The number of para-hydroxylation sites is 2. The molecule has 2 aliphatic heterocycles. The van der Waals surface area contributed by atoms with Crippen molar-refractivity contribution in [3.05, 3.63) is 137 Å². The molecule has 0 amide bonds. The van der Waals surface area contributed by atoms with Gasteiger partial charge in [-0.2, -0.15) is 0 Å². The number of aromatic nitrogens is 1. The summed E-state index contributed by atoms with van der Waals surface area (Å²) in [5, 5.41) is 4.98. The molecule has 57 heavy (non-hydrogen) atoms. The van der Waals surface area contributed by atoms with Crippen molar-refractivity contribution >= 4 is 88.5 Å². The van der Waals surface area contributed by atoms with Gasteiger partial charge in [-0.05, 0) is 105 Å². The largest absolute Gasteiger partial charge is 0.441 e. The molecular weight excluding hydrogens is 711 g/mol. The molecule has 6 aromatic carbocycles. The van der Waals surface area contributed by atoms with Gasteiger partial charge in [-0.15, -0.1) is 11.3 Å². The molecule has 13 rings (SSSR count). The lowest BCUT2D eigenvalue weighted by molar-refractivity contribution is 0.332. The topological polar surface area (TPSA) is 21.3 Å². The van der Waals surface area contributed by atoms with Gasteiger partial charge < -0.3 is 13.8 Å². The van der Waals surface area contributed by atoms with E-state index in [-0.39, 0.29) is 23.1 Å². The fraction of sp³-hybridized carbons (Fsp3) is 0.231. The molecule has 4 aliphatic rings. The quantitative estimate of drug-likeness (QED) is 0.156. The van der Waals surface area contributed by atoms with Gasteiger partial charge in [0.1, 0.15) is 5.58 Å². The molecule has 0 spiro atoms. The molecule has 0 atom stereocenters. The number of nitrogens with zero attached hydrogens (tertiary/aromatic N) is 2. The van der Waals surface area contributed by atoms with Crippen LogP contribution in [0.15, 0.2) is 114 Å². The maximum atomic E-state index is 7.02. The Morgan fingerprint density at radius 1 is 0.649 bits per heavy atom. The maximum Gasteiger partial charge on any atom is 0.346 e. The van der Waals surface area contributed by atoms with Crippen molar-refractivity contribution in [2.24, 2.45) is 0 Å². The fourth-order valence-corrected chi connectivity index (χ4v) is 13.2. The van der Waals surface area contributed by atoms with Gasteiger partial charge in [-0.25, -0.2) is 0 Å². The zero-order valence-electron chi connectivity index (χ0n) is 33.6. The van der Waals surface area contributed by atoms with E-state index >= 15 is 0 Å². The highest BCUT2D eigenvalue weighted by atomic mass is 32.1. The third-order valence-electron chi connectivity index (χ3n) is 14.7. The summed E-state index contributed by atoms with van der Waals surface area (Å²) in [6, 6.07) is 41.6. The number of benzene rings is 6. The first-order valence-electron chi connectivity index (χ1n) is 20.7. The number of thiophene rings is 1. The van der Waals surface area contributed by atoms with Crippen molar-refractivity contribution in [1.29, 1.82) is 0 Å². The van der Waals surface area contributed by atoms with Crippen LogP contribution in [-0.4, -0.2) is 11.3 Å². The van der Waals surface area contributed by atoms with E-state index in [9.17, 15) is 0 Å². The number of fused-ring (bicyclic) bond motifs is 16. The average Bonchev–Trinajstić information content (AvgIpc) is 3.92. The Bertz CT molecular complexity index is 3310. The third kappa shape index (κ3) is 3.81. The second-order valence-electron chi connectivity index (χ2n) is 19.1. The predicted molar refractivity (Wildman–Crippen MR) is 243 cm³/mol. The summed E-state index contributed by atoms with van der Waals surface area (Å²) in [5.74, 6) is 0. The standard InChI is InChI=1S/C52H43BN2OS/c1-28-25-36-37(51(4,5)24-23-50(36,2)3)27-38(28)54-39-26-34-29-15-8-11-20-35(29)52(6,7)44(34)43-33-19-14-18-32-42-30-16-9-12-21-40(30)56-49(42)55(46(32)33)53(45(39)43)48-47(54)31-17-10-13-22-41(31)57-48/h8-22,25-27H,23-24H2,1-7H3. The summed E-state index contributed by atoms with van der Waals surface area (Å²) < 4.78 is 12.3. The lowest BCUT2D eigenvalue weighted by atomic mass is 9.47. The van der Waals surface area contributed by atoms with Crippen molar-refractivity contribution < 1.29 is 4.42 Å². The number of rotatable bonds is 1. The maximum absolute atomic E-state index is 7.02. The zero-order chi connectivity index (χ0) is 38.5. The van der Waals surface area contributed by atoms with Crippen LogP contribution in [0, 0.1) is 6.92 Å². The van der Waals surface area contributed by atoms with Crippen molar-refractivity contribution in [3.8, 4) is 22.3 Å². The number of hydrogen-bond acceptors (Lipinski definition) is 3. The zero-order valence-corrected chi connectivity index (χ0v) is 34.4. The second-order valence-corrected chi connectivity index (χ2v) is 20.2. The van der Waals surface area contributed by atoms with Crippen LogP contribution < -0.4 is 15.1 Å². The summed E-state index contributed by atoms with van der Waals surface area (Å²) in [6.45, 7) is 17.0. The third-order valence-corrected chi connectivity index (χ3v) is 15.9. The highest BCUT2D eigenvalue weighted by molar-refractivity contribution is 7.32. The van der Waals surface area contributed by atoms with Gasteiger partial charge in [0.25, 0.3) is 0 Å². The average molecular weight is 755 g/mol. The van der Waals surface area contributed by atoms with Crippen LogP contribution in [0.3, 0.4) is 0 Å². The van der Waals surface area contributed by atoms with Gasteiger partial charge >= 0.3 is 6.85 Å². The molecule has 9 aromatic rings. The first kappa shape index (κ1) is 32.6. The van der Waals surface area contributed by atoms with E-state index in [1.807, 2.05) is 11.3 Å². The van der Waals surface area contributed by atoms with Crippen LogP contribution in [0.5, 0.6) is 0 Å². The van der Waals surface area contributed by atoms with E-state index in [0.29, 0.717) is 0 Å². The molecule has 3 aromatic heterocycles. The first-order chi connectivity index (χ1) is 27.5. The second kappa shape index (κ2) is 10.3. The van der Waals surface area contributed by atoms with E-state index < -0.39 is 0 Å². The number of anilines is 3. The summed E-state index contributed by atoms with van der Waals surface area (Å²) in [4.78, 5) is 2.70. The van der Waals surface area contributed by atoms with Crippen molar-refractivity contribution in [1.82, 2.24) is 4.48 Å². The molecule has 0 unspecified atom stereocenters. The number of furan rings is 1. The number of hydrogen-bond donors (Lipinski definition) is 0. The van der Waals surface area contributed by atoms with E-state index in [1.165, 1.54) is 122 Å². The molecule has 3 nitrogen and oxygen atoms in total. The van der Waals surface area contributed by atoms with Crippen molar-refractivity contribution in [3.63, 3.8) is 0 Å². The summed E-state index contributed by atoms with van der Waals surface area (Å²) >= 11 is 1.97. The Kier molecular flexibility index (Phi) is 5.89. The van der Waals surface area contributed by atoms with Crippen LogP contribution in [0.2, 0.25) is 0 Å². The Labute approximate surface area is 337 Å². The molecular formula is C52H43BN2OS. The minimum atomic E-state index is -0.188. The van der Waals surface area contributed by atoms with E-state index in [0.717, 1.165) is 11.3 Å². The molecule has 0 bridgehead atoms. The van der Waals surface area contributed by atoms with E-state index in [4.69, 9.17) is 4.42 Å². The molecule has 5 heteroatoms. The first-order valence-corrected chi connectivity index (χ1v) is 21.5. The number of aryl methyl sites for hydroxylation is 1. The van der Waals surface area contributed by atoms with Crippen LogP contribution in [0.25, 0.3) is 65.3 Å². The smallest absolute Gasteiger partial charge is 0.346 e. The normalized spacial score (nSPS) is 17.6. The molecule has 0 N–H and O–H groups in total. The Balaban J connectivity index is 1.25. The van der Waals surface area contributed by atoms with Crippen molar-refractivity contribution in [2.45, 2.75) is 77.6 Å². The molecule has 2 aliphatic carbocycles. The van der Waals surface area contributed by atoms with Gasteiger partial charge in [0, 0.05) is 53.5 Å². The SMILES string of the molecule is Cc1cc2c(cc1N1c3cc4c(c5c3B(c3sc6ccccc6c31)n1c3oc6ccccc6c3c3cccc-5c31)C(C)(C)c1ccccc1-4)C(C)(C)CCC2(C)C. The molecule has 0 fully saturated rings. The van der Waals surface area contributed by atoms with Gasteiger partial charge in [-0.1, -0.05) is 126 Å². The molecule has 0 saturated heterocycles. The highest BCUT2D eigenvalue weighted by Gasteiger charge is 2.50. The summed E-state index contributed by atoms with van der Waals surface area (Å²) in [7, 11) is 0. The molecule has 0 saturated carbocycles. The van der Waals surface area contributed by atoms with Crippen LogP contribution >= 0.6 is 11.3 Å². The lowest BCUT2D eigenvalue weighted by Crippen LogP contribution is -2.56. The minimum Gasteiger partial charge on any atom is -0.441 e. The fourth-order valence-electron chi connectivity index (χ4n) is 11.9. The van der Waals surface area contributed by atoms with Gasteiger partial charge in [0.15, 0.2) is 5.71 Å². The van der Waals surface area contributed by atoms with Crippen molar-refractivity contribution in [2.75, 3.05) is 4.90 Å². The Morgan fingerprint density at radius 2 is 1.33 bits per heavy atom. The van der Waals surface area contributed by atoms with E-state index in [1.54, 1.807) is 0 Å². The molecule has 276 valence electrons.